The molecule has 0 bridgehead atoms. The van der Waals surface area contributed by atoms with Gasteiger partial charge in [0.05, 0.1) is 7.11 Å². The molecule has 0 atom stereocenters. The van der Waals surface area contributed by atoms with Gasteiger partial charge in [-0.2, -0.15) is 0 Å². The molecule has 100 valence electrons. The van der Waals surface area contributed by atoms with Gasteiger partial charge in [-0.25, -0.2) is 0 Å². The smallest absolute Gasteiger partial charge is 0.167 e. The molecule has 0 amide bonds. The lowest BCUT2D eigenvalue weighted by molar-refractivity contribution is 0.0993. The molecule has 1 heterocycles. The Balaban J connectivity index is 1.84. The maximum absolute atomic E-state index is 12.3. The van der Waals surface area contributed by atoms with Crippen molar-refractivity contribution in [3.05, 3.63) is 65.9 Å². The summed E-state index contributed by atoms with van der Waals surface area (Å²) < 4.78 is 5.10. The summed E-state index contributed by atoms with van der Waals surface area (Å²) in [6, 6.07) is 15.2. The largest absolute Gasteiger partial charge is 0.497 e. The van der Waals surface area contributed by atoms with E-state index in [1.165, 1.54) is 0 Å². The van der Waals surface area contributed by atoms with Crippen molar-refractivity contribution in [2.45, 2.75) is 6.42 Å². The van der Waals surface area contributed by atoms with Crippen molar-refractivity contribution in [3.8, 4) is 5.75 Å². The van der Waals surface area contributed by atoms with Gasteiger partial charge in [-0.15, -0.1) is 0 Å². The summed E-state index contributed by atoms with van der Waals surface area (Å²) in [7, 11) is 1.61. The zero-order valence-corrected chi connectivity index (χ0v) is 11.2. The van der Waals surface area contributed by atoms with Crippen LogP contribution in [0, 0.1) is 0 Å². The highest BCUT2D eigenvalue weighted by Crippen LogP contribution is 2.20. The number of aromatic amines is 1. The zero-order chi connectivity index (χ0) is 13.9. The Morgan fingerprint density at radius 1 is 1.10 bits per heavy atom. The van der Waals surface area contributed by atoms with E-state index in [1.54, 1.807) is 19.2 Å². The molecule has 2 aromatic carbocycles. The maximum Gasteiger partial charge on any atom is 0.167 e. The number of carbonyl (C=O) groups is 1. The highest BCUT2D eigenvalue weighted by molar-refractivity contribution is 6.00. The number of benzene rings is 2. The molecule has 1 N–H and O–H groups in total. The zero-order valence-electron chi connectivity index (χ0n) is 11.2. The Morgan fingerprint density at radius 3 is 2.60 bits per heavy atom. The monoisotopic (exact) mass is 265 g/mol. The third-order valence-electron chi connectivity index (χ3n) is 3.44. The molecule has 0 radical (unpaired) electrons. The van der Waals surface area contributed by atoms with Gasteiger partial charge >= 0.3 is 0 Å². The lowest BCUT2D eigenvalue weighted by Gasteiger charge is -2.03. The van der Waals surface area contributed by atoms with E-state index in [9.17, 15) is 4.79 Å². The molecule has 0 saturated heterocycles. The van der Waals surface area contributed by atoms with Gasteiger partial charge in [-0.3, -0.25) is 4.79 Å². The second kappa shape index (κ2) is 5.21. The van der Waals surface area contributed by atoms with E-state index in [0.717, 1.165) is 22.2 Å². The molecule has 1 aromatic heterocycles. The number of ether oxygens (including phenoxy) is 1. The fourth-order valence-corrected chi connectivity index (χ4v) is 2.33. The minimum absolute atomic E-state index is 0.109. The number of H-pyrrole nitrogens is 1. The van der Waals surface area contributed by atoms with E-state index < -0.39 is 0 Å². The van der Waals surface area contributed by atoms with E-state index in [-0.39, 0.29) is 5.78 Å². The van der Waals surface area contributed by atoms with Gasteiger partial charge in [-0.1, -0.05) is 18.2 Å². The minimum atomic E-state index is 0.109. The quantitative estimate of drug-likeness (QED) is 0.732. The second-order valence-corrected chi connectivity index (χ2v) is 4.69. The van der Waals surface area contributed by atoms with Crippen molar-refractivity contribution in [1.82, 2.24) is 4.98 Å². The molecule has 0 spiro atoms. The second-order valence-electron chi connectivity index (χ2n) is 4.69. The number of aromatic nitrogens is 1. The fraction of sp³-hybridized carbons (Fsp3) is 0.118. The van der Waals surface area contributed by atoms with Crippen LogP contribution in [0.1, 0.15) is 15.9 Å². The van der Waals surface area contributed by atoms with Crippen molar-refractivity contribution in [2.75, 3.05) is 7.11 Å². The van der Waals surface area contributed by atoms with Crippen LogP contribution in [-0.2, 0) is 6.42 Å². The summed E-state index contributed by atoms with van der Waals surface area (Å²) in [6.45, 7) is 0. The van der Waals surface area contributed by atoms with Gasteiger partial charge in [0.15, 0.2) is 5.78 Å². The molecular weight excluding hydrogens is 250 g/mol. The third kappa shape index (κ3) is 2.30. The minimum Gasteiger partial charge on any atom is -0.497 e. The van der Waals surface area contributed by atoms with Gasteiger partial charge in [0.25, 0.3) is 0 Å². The number of para-hydroxylation sites is 1. The molecule has 3 rings (SSSR count). The van der Waals surface area contributed by atoms with Gasteiger partial charge < -0.3 is 9.72 Å². The van der Waals surface area contributed by atoms with Crippen molar-refractivity contribution >= 4 is 16.7 Å². The number of fused-ring (bicyclic) bond motifs is 1. The molecule has 0 aliphatic heterocycles. The number of methoxy groups -OCH3 is 1. The predicted molar refractivity (Wildman–Crippen MR) is 79.3 cm³/mol. The van der Waals surface area contributed by atoms with E-state index >= 15 is 0 Å². The van der Waals surface area contributed by atoms with Gasteiger partial charge in [0.2, 0.25) is 0 Å². The highest BCUT2D eigenvalue weighted by atomic mass is 16.5. The number of hydrogen-bond acceptors (Lipinski definition) is 2. The average Bonchev–Trinajstić information content (AvgIpc) is 2.91. The van der Waals surface area contributed by atoms with E-state index in [4.69, 9.17) is 4.74 Å². The van der Waals surface area contributed by atoms with Gasteiger partial charge in [0, 0.05) is 29.1 Å². The van der Waals surface area contributed by atoms with Crippen LogP contribution in [0.25, 0.3) is 10.9 Å². The molecule has 3 heteroatoms. The van der Waals surface area contributed by atoms with E-state index in [0.29, 0.717) is 12.0 Å². The molecule has 0 aliphatic rings. The molecule has 0 unspecified atom stereocenters. The SMILES string of the molecule is COc1ccc(C(=O)Cc2c[nH]c3ccccc23)cc1. The van der Waals surface area contributed by atoms with Crippen molar-refractivity contribution < 1.29 is 9.53 Å². The summed E-state index contributed by atoms with van der Waals surface area (Å²) in [6.07, 6.45) is 2.31. The Kier molecular flexibility index (Phi) is 3.25. The fourth-order valence-electron chi connectivity index (χ4n) is 2.33. The van der Waals surface area contributed by atoms with Crippen LogP contribution in [0.3, 0.4) is 0 Å². The summed E-state index contributed by atoms with van der Waals surface area (Å²) in [5.74, 6) is 0.867. The topological polar surface area (TPSA) is 42.1 Å². The first-order valence-corrected chi connectivity index (χ1v) is 6.50. The first kappa shape index (κ1) is 12.5. The lowest BCUT2D eigenvalue weighted by atomic mass is 10.0. The third-order valence-corrected chi connectivity index (χ3v) is 3.44. The van der Waals surface area contributed by atoms with Crippen LogP contribution in [0.4, 0.5) is 0 Å². The number of ketones is 1. The summed E-state index contributed by atoms with van der Waals surface area (Å²) in [5.41, 5.74) is 2.79. The van der Waals surface area contributed by atoms with Crippen molar-refractivity contribution in [1.29, 1.82) is 0 Å². The summed E-state index contributed by atoms with van der Waals surface area (Å²) in [4.78, 5) is 15.5. The lowest BCUT2D eigenvalue weighted by Crippen LogP contribution is -2.02. The van der Waals surface area contributed by atoms with Gasteiger partial charge in [0.1, 0.15) is 5.75 Å². The molecular formula is C17H15NO2. The Morgan fingerprint density at radius 2 is 1.85 bits per heavy atom. The predicted octanol–water partition coefficient (Wildman–Crippen LogP) is 3.60. The number of nitrogens with one attached hydrogen (secondary N) is 1. The van der Waals surface area contributed by atoms with Crippen LogP contribution in [0.15, 0.2) is 54.7 Å². The van der Waals surface area contributed by atoms with Crippen LogP contribution in [-0.4, -0.2) is 17.9 Å². The molecule has 0 fully saturated rings. The van der Waals surface area contributed by atoms with Crippen LogP contribution < -0.4 is 4.74 Å². The van der Waals surface area contributed by atoms with Crippen molar-refractivity contribution in [2.24, 2.45) is 0 Å². The van der Waals surface area contributed by atoms with E-state index in [1.807, 2.05) is 42.6 Å². The summed E-state index contributed by atoms with van der Waals surface area (Å²) >= 11 is 0. The number of carbonyl (C=O) groups excluding carboxylic acids is 1. The maximum atomic E-state index is 12.3. The van der Waals surface area contributed by atoms with Crippen LogP contribution >= 0.6 is 0 Å². The number of hydrogen-bond donors (Lipinski definition) is 1. The average molecular weight is 265 g/mol. The highest BCUT2D eigenvalue weighted by Gasteiger charge is 2.10. The normalized spacial score (nSPS) is 10.7. The van der Waals surface area contributed by atoms with Crippen LogP contribution in [0.2, 0.25) is 0 Å². The van der Waals surface area contributed by atoms with Crippen molar-refractivity contribution in [3.63, 3.8) is 0 Å². The molecule has 20 heavy (non-hydrogen) atoms. The molecule has 3 nitrogen and oxygen atoms in total. The first-order chi connectivity index (χ1) is 9.78. The first-order valence-electron chi connectivity index (χ1n) is 6.50. The van der Waals surface area contributed by atoms with Crippen LogP contribution in [0.5, 0.6) is 5.75 Å². The van der Waals surface area contributed by atoms with Gasteiger partial charge in [-0.05, 0) is 35.9 Å². The Hall–Kier alpha value is -2.55. The Bertz CT molecular complexity index is 741. The standard InChI is InChI=1S/C17H15NO2/c1-20-14-8-6-12(7-9-14)17(19)10-13-11-18-16-5-3-2-4-15(13)16/h2-9,11,18H,10H2,1H3. The number of rotatable bonds is 4. The molecule has 0 aliphatic carbocycles. The van der Waals surface area contributed by atoms with E-state index in [2.05, 4.69) is 4.98 Å². The Labute approximate surface area is 117 Å². The summed E-state index contributed by atoms with van der Waals surface area (Å²) in [5, 5.41) is 1.11. The molecule has 0 saturated carbocycles. The number of Topliss-reactive ketones (excluding diaryl/α,β-unsaturated/α-hetero) is 1. The molecule has 3 aromatic rings.